The van der Waals surface area contributed by atoms with Gasteiger partial charge < -0.3 is 5.11 Å². The first kappa shape index (κ1) is 10.8. The van der Waals surface area contributed by atoms with E-state index in [9.17, 15) is 5.11 Å². The van der Waals surface area contributed by atoms with Crippen LogP contribution in [0.5, 0.6) is 0 Å². The fraction of sp³-hybridized carbons (Fsp3) is 0.833. The van der Waals surface area contributed by atoms with Crippen molar-refractivity contribution in [2.75, 3.05) is 0 Å². The summed E-state index contributed by atoms with van der Waals surface area (Å²) in [5, 5.41) is 9.85. The van der Waals surface area contributed by atoms with Crippen LogP contribution < -0.4 is 0 Å². The molecule has 0 saturated heterocycles. The molecule has 0 fully saturated rings. The normalized spacial score (nSPS) is 29.1. The number of hydrogen-bond donors (Lipinski definition) is 1. The van der Waals surface area contributed by atoms with Crippen LogP contribution in [0.25, 0.3) is 0 Å². The number of hydrogen-bond acceptors (Lipinski definition) is 1. The molecule has 0 saturated carbocycles. The highest BCUT2D eigenvalue weighted by molar-refractivity contribution is 5.27. The zero-order valence-corrected chi connectivity index (χ0v) is 9.30. The van der Waals surface area contributed by atoms with Gasteiger partial charge in [-0.25, -0.2) is 0 Å². The third-order valence-electron chi connectivity index (χ3n) is 3.31. The molecule has 76 valence electrons. The molecule has 1 rings (SSSR count). The summed E-state index contributed by atoms with van der Waals surface area (Å²) < 4.78 is 0. The molecular weight excluding hydrogens is 160 g/mol. The molecule has 0 aromatic heterocycles. The molecule has 0 aromatic rings. The Morgan fingerprint density at radius 3 is 2.15 bits per heavy atom. The Balaban J connectivity index is 2.89. The maximum absolute atomic E-state index is 9.85. The van der Waals surface area contributed by atoms with Crippen LogP contribution >= 0.6 is 0 Å². The summed E-state index contributed by atoms with van der Waals surface area (Å²) in [5.74, 6) is 1.31. The van der Waals surface area contributed by atoms with Gasteiger partial charge in [0.05, 0.1) is 6.10 Å². The van der Waals surface area contributed by atoms with Crippen molar-refractivity contribution in [3.63, 3.8) is 0 Å². The van der Waals surface area contributed by atoms with Crippen LogP contribution in [0.15, 0.2) is 11.1 Å². The second-order valence-corrected chi connectivity index (χ2v) is 4.36. The molecule has 1 N–H and O–H groups in total. The van der Waals surface area contributed by atoms with E-state index in [1.165, 1.54) is 11.1 Å². The molecule has 0 aromatic carbocycles. The van der Waals surface area contributed by atoms with E-state index in [2.05, 4.69) is 27.7 Å². The summed E-state index contributed by atoms with van der Waals surface area (Å²) >= 11 is 0. The van der Waals surface area contributed by atoms with Crippen molar-refractivity contribution in [1.82, 2.24) is 0 Å². The van der Waals surface area contributed by atoms with Crippen LogP contribution in [0.4, 0.5) is 0 Å². The van der Waals surface area contributed by atoms with E-state index >= 15 is 0 Å². The largest absolute Gasteiger partial charge is 0.389 e. The van der Waals surface area contributed by atoms with Crippen molar-refractivity contribution in [2.45, 2.75) is 53.1 Å². The molecule has 1 nitrogen and oxygen atoms in total. The van der Waals surface area contributed by atoms with Gasteiger partial charge in [0.15, 0.2) is 0 Å². The number of rotatable bonds is 3. The van der Waals surface area contributed by atoms with Crippen LogP contribution in [0.2, 0.25) is 0 Å². The second kappa shape index (κ2) is 4.28. The van der Waals surface area contributed by atoms with Gasteiger partial charge in [0, 0.05) is 0 Å². The van der Waals surface area contributed by atoms with Gasteiger partial charge >= 0.3 is 0 Å². The zero-order valence-electron chi connectivity index (χ0n) is 9.30. The molecule has 13 heavy (non-hydrogen) atoms. The zero-order chi connectivity index (χ0) is 10.0. The smallest absolute Gasteiger partial charge is 0.0758 e. The van der Waals surface area contributed by atoms with Crippen LogP contribution in [0.3, 0.4) is 0 Å². The van der Waals surface area contributed by atoms with Crippen molar-refractivity contribution in [3.8, 4) is 0 Å². The van der Waals surface area contributed by atoms with Crippen molar-refractivity contribution in [1.29, 1.82) is 0 Å². The Morgan fingerprint density at radius 1 is 1.23 bits per heavy atom. The van der Waals surface area contributed by atoms with Gasteiger partial charge in [-0.1, -0.05) is 33.3 Å². The predicted molar refractivity (Wildman–Crippen MR) is 56.6 cm³/mol. The van der Waals surface area contributed by atoms with E-state index in [-0.39, 0.29) is 6.10 Å². The van der Waals surface area contributed by atoms with Gasteiger partial charge in [-0.15, -0.1) is 0 Å². The maximum atomic E-state index is 9.85. The van der Waals surface area contributed by atoms with Crippen LogP contribution in [-0.2, 0) is 0 Å². The third kappa shape index (κ3) is 1.96. The van der Waals surface area contributed by atoms with Gasteiger partial charge in [-0.3, -0.25) is 0 Å². The number of aliphatic hydroxyl groups is 1. The lowest BCUT2D eigenvalue weighted by atomic mass is 9.88. The molecule has 1 aliphatic carbocycles. The molecule has 0 radical (unpaired) electrons. The molecular formula is C12H22O. The lowest BCUT2D eigenvalue weighted by Gasteiger charge is -2.17. The highest BCUT2D eigenvalue weighted by atomic mass is 16.3. The van der Waals surface area contributed by atoms with E-state index in [0.29, 0.717) is 11.8 Å². The second-order valence-electron chi connectivity index (χ2n) is 4.36. The standard InChI is InChI=1S/C12H22O/c1-5-9-10(6-2)12(13)7-11(9)8(3)4/h8,11-13H,5-7H2,1-4H3/t11-,12-/m1/s1. The Kier molecular flexibility index (Phi) is 3.55. The summed E-state index contributed by atoms with van der Waals surface area (Å²) in [5.41, 5.74) is 2.85. The predicted octanol–water partition coefficient (Wildman–Crippen LogP) is 3.14. The Bertz CT molecular complexity index is 203. The average Bonchev–Trinajstić information content (AvgIpc) is 2.41. The Morgan fingerprint density at radius 2 is 1.77 bits per heavy atom. The summed E-state index contributed by atoms with van der Waals surface area (Å²) in [7, 11) is 0. The molecule has 0 bridgehead atoms. The van der Waals surface area contributed by atoms with Gasteiger partial charge in [0.1, 0.15) is 0 Å². The van der Waals surface area contributed by atoms with Gasteiger partial charge in [0.2, 0.25) is 0 Å². The fourth-order valence-corrected chi connectivity index (χ4v) is 2.60. The molecule has 1 heteroatoms. The van der Waals surface area contributed by atoms with E-state index < -0.39 is 0 Å². The molecule has 0 spiro atoms. The molecule has 1 aliphatic rings. The Hall–Kier alpha value is -0.300. The van der Waals surface area contributed by atoms with Crippen molar-refractivity contribution < 1.29 is 5.11 Å². The fourth-order valence-electron chi connectivity index (χ4n) is 2.60. The summed E-state index contributed by atoms with van der Waals surface area (Å²) in [4.78, 5) is 0. The van der Waals surface area contributed by atoms with E-state index in [0.717, 1.165) is 19.3 Å². The highest BCUT2D eigenvalue weighted by Crippen LogP contribution is 2.39. The van der Waals surface area contributed by atoms with Crippen molar-refractivity contribution >= 4 is 0 Å². The first-order valence-electron chi connectivity index (χ1n) is 5.51. The van der Waals surface area contributed by atoms with Gasteiger partial charge in [0.25, 0.3) is 0 Å². The van der Waals surface area contributed by atoms with Crippen LogP contribution in [-0.4, -0.2) is 11.2 Å². The summed E-state index contributed by atoms with van der Waals surface area (Å²) in [6.45, 7) is 8.87. The Labute approximate surface area is 81.9 Å². The quantitative estimate of drug-likeness (QED) is 0.665. The van der Waals surface area contributed by atoms with E-state index in [1.807, 2.05) is 0 Å². The lowest BCUT2D eigenvalue weighted by Crippen LogP contribution is -2.10. The average molecular weight is 182 g/mol. The molecule has 0 unspecified atom stereocenters. The van der Waals surface area contributed by atoms with Crippen molar-refractivity contribution in [2.24, 2.45) is 11.8 Å². The number of aliphatic hydroxyl groups excluding tert-OH is 1. The lowest BCUT2D eigenvalue weighted by molar-refractivity contribution is 0.188. The topological polar surface area (TPSA) is 20.2 Å². The summed E-state index contributed by atoms with van der Waals surface area (Å²) in [6, 6.07) is 0. The minimum Gasteiger partial charge on any atom is -0.389 e. The number of allylic oxidation sites excluding steroid dienone is 1. The molecule has 0 amide bonds. The highest BCUT2D eigenvalue weighted by Gasteiger charge is 2.31. The van der Waals surface area contributed by atoms with Crippen molar-refractivity contribution in [3.05, 3.63) is 11.1 Å². The van der Waals surface area contributed by atoms with E-state index in [4.69, 9.17) is 0 Å². The molecule has 0 heterocycles. The van der Waals surface area contributed by atoms with Gasteiger partial charge in [-0.05, 0) is 36.7 Å². The first-order chi connectivity index (χ1) is 6.11. The monoisotopic (exact) mass is 182 g/mol. The van der Waals surface area contributed by atoms with Gasteiger partial charge in [-0.2, -0.15) is 0 Å². The first-order valence-corrected chi connectivity index (χ1v) is 5.51. The minimum atomic E-state index is -0.146. The van der Waals surface area contributed by atoms with E-state index in [1.54, 1.807) is 0 Å². The van der Waals surface area contributed by atoms with Crippen LogP contribution in [0.1, 0.15) is 47.0 Å². The maximum Gasteiger partial charge on any atom is 0.0758 e. The minimum absolute atomic E-state index is 0.146. The van der Waals surface area contributed by atoms with Crippen LogP contribution in [0, 0.1) is 11.8 Å². The SMILES string of the molecule is CCC1=C(CC)[C@@H](C(C)C)C[C@H]1O. The molecule has 2 atom stereocenters. The third-order valence-corrected chi connectivity index (χ3v) is 3.31. The molecule has 0 aliphatic heterocycles. The summed E-state index contributed by atoms with van der Waals surface area (Å²) in [6.07, 6.45) is 2.95.